The van der Waals surface area contributed by atoms with Gasteiger partial charge in [0, 0.05) is 18.8 Å². The zero-order chi connectivity index (χ0) is 13.2. The van der Waals surface area contributed by atoms with Crippen LogP contribution in [0.5, 0.6) is 0 Å². The van der Waals surface area contributed by atoms with E-state index < -0.39 is 16.2 Å². The van der Waals surface area contributed by atoms with E-state index in [9.17, 15) is 13.2 Å². The van der Waals surface area contributed by atoms with Gasteiger partial charge in [0.1, 0.15) is 0 Å². The van der Waals surface area contributed by atoms with Crippen molar-refractivity contribution in [3.05, 3.63) is 29.8 Å². The maximum atomic E-state index is 11.9. The quantitative estimate of drug-likeness (QED) is 0.858. The summed E-state index contributed by atoms with van der Waals surface area (Å²) in [6.45, 7) is 1.06. The molecule has 0 unspecified atom stereocenters. The van der Waals surface area contributed by atoms with Crippen LogP contribution < -0.4 is 4.72 Å². The number of hydrogen-bond acceptors (Lipinski definition) is 3. The molecule has 7 heteroatoms. The number of rotatable bonds is 4. The van der Waals surface area contributed by atoms with Crippen LogP contribution >= 0.6 is 0 Å². The van der Waals surface area contributed by atoms with Gasteiger partial charge in [-0.05, 0) is 37.1 Å². The predicted octanol–water partition coefficient (Wildman–Crippen LogP) is 1.14. The van der Waals surface area contributed by atoms with Crippen LogP contribution in [0.15, 0.2) is 24.3 Å². The van der Waals surface area contributed by atoms with Crippen molar-refractivity contribution in [3.63, 3.8) is 0 Å². The van der Waals surface area contributed by atoms with Crippen molar-refractivity contribution in [3.8, 4) is 0 Å². The second kappa shape index (κ2) is 4.95. The minimum atomic E-state index is -3.51. The lowest BCUT2D eigenvalue weighted by atomic mass is 10.2. The summed E-state index contributed by atoms with van der Waals surface area (Å²) in [7, 11) is -3.51. The average Bonchev–Trinajstić information content (AvgIpc) is 2.83. The molecular formula is C11H14N2O4S. The molecule has 1 aromatic rings. The first-order valence-electron chi connectivity index (χ1n) is 5.60. The van der Waals surface area contributed by atoms with Crippen molar-refractivity contribution in [1.29, 1.82) is 0 Å². The molecule has 1 heterocycles. The lowest BCUT2D eigenvalue weighted by Crippen LogP contribution is -2.33. The minimum Gasteiger partial charge on any atom is -0.478 e. The maximum absolute atomic E-state index is 11.9. The standard InChI is InChI=1S/C11H14N2O4S/c14-11(15)9-3-5-10(6-4-9)12-18(16,17)13-7-1-2-8-13/h3-6,12H,1-2,7-8H2,(H,14,15). The number of anilines is 1. The molecule has 1 aliphatic heterocycles. The Morgan fingerprint density at radius 1 is 1.17 bits per heavy atom. The highest BCUT2D eigenvalue weighted by atomic mass is 32.2. The van der Waals surface area contributed by atoms with Gasteiger partial charge in [-0.25, -0.2) is 4.79 Å². The SMILES string of the molecule is O=C(O)c1ccc(NS(=O)(=O)N2CCCC2)cc1. The van der Waals surface area contributed by atoms with Crippen LogP contribution in [0.1, 0.15) is 23.2 Å². The molecule has 0 amide bonds. The summed E-state index contributed by atoms with van der Waals surface area (Å²) in [5, 5.41) is 8.73. The molecule has 0 saturated carbocycles. The summed E-state index contributed by atoms with van der Waals surface area (Å²) in [4.78, 5) is 10.7. The van der Waals surface area contributed by atoms with Gasteiger partial charge in [-0.15, -0.1) is 0 Å². The average molecular weight is 270 g/mol. The molecule has 1 aromatic carbocycles. The highest BCUT2D eigenvalue weighted by Crippen LogP contribution is 2.17. The summed E-state index contributed by atoms with van der Waals surface area (Å²) < 4.78 is 27.7. The van der Waals surface area contributed by atoms with Crippen LogP contribution in [0.3, 0.4) is 0 Å². The molecule has 6 nitrogen and oxygen atoms in total. The van der Waals surface area contributed by atoms with E-state index >= 15 is 0 Å². The molecule has 2 N–H and O–H groups in total. The van der Waals surface area contributed by atoms with Gasteiger partial charge >= 0.3 is 16.2 Å². The normalized spacial score (nSPS) is 16.7. The number of hydrogen-bond donors (Lipinski definition) is 2. The maximum Gasteiger partial charge on any atom is 0.335 e. The Morgan fingerprint density at radius 3 is 2.22 bits per heavy atom. The number of nitrogens with zero attached hydrogens (tertiary/aromatic N) is 1. The number of carboxylic acids is 1. The fraction of sp³-hybridized carbons (Fsp3) is 0.364. The fourth-order valence-corrected chi connectivity index (χ4v) is 3.12. The van der Waals surface area contributed by atoms with Gasteiger partial charge in [-0.2, -0.15) is 12.7 Å². The van der Waals surface area contributed by atoms with Crippen molar-refractivity contribution >= 4 is 21.9 Å². The van der Waals surface area contributed by atoms with Crippen LogP contribution in [-0.4, -0.2) is 36.9 Å². The molecule has 0 atom stereocenters. The van der Waals surface area contributed by atoms with Crippen molar-refractivity contribution in [2.24, 2.45) is 0 Å². The molecule has 98 valence electrons. The topological polar surface area (TPSA) is 86.7 Å². The van der Waals surface area contributed by atoms with E-state index in [-0.39, 0.29) is 5.56 Å². The van der Waals surface area contributed by atoms with E-state index in [2.05, 4.69) is 4.72 Å². The Morgan fingerprint density at radius 2 is 1.72 bits per heavy atom. The van der Waals surface area contributed by atoms with Crippen molar-refractivity contribution in [2.75, 3.05) is 17.8 Å². The number of carboxylic acid groups (broad SMARTS) is 1. The lowest BCUT2D eigenvalue weighted by molar-refractivity contribution is 0.0697. The van der Waals surface area contributed by atoms with Crippen LogP contribution in [0.2, 0.25) is 0 Å². The third-order valence-corrected chi connectivity index (χ3v) is 4.32. The van der Waals surface area contributed by atoms with Gasteiger partial charge in [0.25, 0.3) is 0 Å². The van der Waals surface area contributed by atoms with Crippen LogP contribution in [0.4, 0.5) is 5.69 Å². The molecule has 1 saturated heterocycles. The summed E-state index contributed by atoms with van der Waals surface area (Å²) in [6.07, 6.45) is 1.75. The molecule has 0 spiro atoms. The minimum absolute atomic E-state index is 0.124. The van der Waals surface area contributed by atoms with Crippen molar-refractivity contribution in [2.45, 2.75) is 12.8 Å². The summed E-state index contributed by atoms with van der Waals surface area (Å²) in [5.41, 5.74) is 0.492. The summed E-state index contributed by atoms with van der Waals surface area (Å²) >= 11 is 0. The second-order valence-electron chi connectivity index (χ2n) is 4.10. The number of benzene rings is 1. The molecule has 18 heavy (non-hydrogen) atoms. The summed E-state index contributed by atoms with van der Waals surface area (Å²) in [6, 6.07) is 5.61. The van der Waals surface area contributed by atoms with E-state index in [0.717, 1.165) is 12.8 Å². The molecule has 0 radical (unpaired) electrons. The van der Waals surface area contributed by atoms with E-state index in [1.807, 2.05) is 0 Å². The predicted molar refractivity (Wildman–Crippen MR) is 66.8 cm³/mol. The van der Waals surface area contributed by atoms with E-state index in [1.54, 1.807) is 0 Å². The van der Waals surface area contributed by atoms with Gasteiger partial charge in [-0.1, -0.05) is 0 Å². The number of aromatic carboxylic acids is 1. The third-order valence-electron chi connectivity index (χ3n) is 2.78. The molecular weight excluding hydrogens is 256 g/mol. The van der Waals surface area contributed by atoms with Gasteiger partial charge in [0.05, 0.1) is 5.56 Å². The largest absolute Gasteiger partial charge is 0.478 e. The van der Waals surface area contributed by atoms with Gasteiger partial charge < -0.3 is 5.11 Å². The zero-order valence-corrected chi connectivity index (χ0v) is 10.5. The Balaban J connectivity index is 2.11. The lowest BCUT2D eigenvalue weighted by Gasteiger charge is -2.16. The monoisotopic (exact) mass is 270 g/mol. The van der Waals surface area contributed by atoms with Gasteiger partial charge in [0.2, 0.25) is 0 Å². The van der Waals surface area contributed by atoms with Gasteiger partial charge in [-0.3, -0.25) is 4.72 Å². The Bertz CT molecular complexity index is 533. The van der Waals surface area contributed by atoms with Crippen LogP contribution in [-0.2, 0) is 10.2 Å². The first kappa shape index (κ1) is 12.8. The zero-order valence-electron chi connectivity index (χ0n) is 9.67. The Labute approximate surface area is 105 Å². The molecule has 0 aliphatic carbocycles. The van der Waals surface area contributed by atoms with Crippen LogP contribution in [0, 0.1) is 0 Å². The molecule has 0 aromatic heterocycles. The smallest absolute Gasteiger partial charge is 0.335 e. The highest BCUT2D eigenvalue weighted by molar-refractivity contribution is 7.90. The van der Waals surface area contributed by atoms with E-state index in [1.165, 1.54) is 28.6 Å². The fourth-order valence-electron chi connectivity index (χ4n) is 1.82. The number of nitrogens with one attached hydrogen (secondary N) is 1. The molecule has 2 rings (SSSR count). The summed E-state index contributed by atoms with van der Waals surface area (Å²) in [5.74, 6) is -1.04. The van der Waals surface area contributed by atoms with Crippen LogP contribution in [0.25, 0.3) is 0 Å². The third kappa shape index (κ3) is 2.80. The molecule has 1 fully saturated rings. The second-order valence-corrected chi connectivity index (χ2v) is 5.77. The van der Waals surface area contributed by atoms with E-state index in [4.69, 9.17) is 5.11 Å². The highest BCUT2D eigenvalue weighted by Gasteiger charge is 2.24. The van der Waals surface area contributed by atoms with Crippen molar-refractivity contribution in [1.82, 2.24) is 4.31 Å². The Kier molecular flexibility index (Phi) is 3.53. The Hall–Kier alpha value is -1.60. The molecule has 0 bridgehead atoms. The van der Waals surface area contributed by atoms with E-state index in [0.29, 0.717) is 18.8 Å². The van der Waals surface area contributed by atoms with Gasteiger partial charge in [0.15, 0.2) is 0 Å². The molecule has 1 aliphatic rings. The van der Waals surface area contributed by atoms with Crippen molar-refractivity contribution < 1.29 is 18.3 Å². The first-order chi connectivity index (χ1) is 8.49. The first-order valence-corrected chi connectivity index (χ1v) is 7.04. The number of carbonyl (C=O) groups is 1.